The predicted octanol–water partition coefficient (Wildman–Crippen LogP) is 2.98. The highest BCUT2D eigenvalue weighted by Crippen LogP contribution is 2.40. The van der Waals surface area contributed by atoms with Gasteiger partial charge in [-0.25, -0.2) is 0 Å². The molecular weight excluding hydrogens is 330 g/mol. The summed E-state index contributed by atoms with van der Waals surface area (Å²) in [5, 5.41) is 0.623. The number of nitrogens with zero attached hydrogens (tertiary/aromatic N) is 2. The van der Waals surface area contributed by atoms with E-state index in [0.29, 0.717) is 5.02 Å². The molecule has 1 aromatic rings. The average Bonchev–Trinajstić information content (AvgIpc) is 2.39. The number of nitrogens with two attached hydrogens (primary N) is 1. The number of carbonyl (C=O) groups is 1. The second-order valence-electron chi connectivity index (χ2n) is 4.94. The fraction of sp³-hybridized carbons (Fsp3) is 0.538. The summed E-state index contributed by atoms with van der Waals surface area (Å²) in [4.78, 5) is 17.9. The average molecular weight is 347 g/mol. The maximum Gasteiger partial charge on any atom is 0.223 e. The highest BCUT2D eigenvalue weighted by molar-refractivity contribution is 9.10. The molecule has 6 heteroatoms. The van der Waals surface area contributed by atoms with Crippen molar-refractivity contribution in [2.24, 2.45) is 11.1 Å². The van der Waals surface area contributed by atoms with Crippen LogP contribution in [0.5, 0.6) is 0 Å². The zero-order valence-corrected chi connectivity index (χ0v) is 13.2. The number of pyridine rings is 1. The molecule has 19 heavy (non-hydrogen) atoms. The fourth-order valence-corrected chi connectivity index (χ4v) is 3.61. The van der Waals surface area contributed by atoms with Crippen molar-refractivity contribution in [1.29, 1.82) is 0 Å². The van der Waals surface area contributed by atoms with E-state index in [9.17, 15) is 4.79 Å². The third-order valence-corrected chi connectivity index (χ3v) is 4.92. The third kappa shape index (κ3) is 2.72. The highest BCUT2D eigenvalue weighted by Gasteiger charge is 2.38. The first kappa shape index (κ1) is 14.6. The van der Waals surface area contributed by atoms with Crippen LogP contribution in [-0.4, -0.2) is 24.0 Å². The molecule has 2 N–H and O–H groups in total. The molecule has 1 fully saturated rings. The van der Waals surface area contributed by atoms with Gasteiger partial charge in [0.1, 0.15) is 0 Å². The minimum Gasteiger partial charge on any atom is -0.369 e. The molecule has 0 atom stereocenters. The van der Waals surface area contributed by atoms with Crippen LogP contribution in [0, 0.1) is 5.41 Å². The first-order valence-electron chi connectivity index (χ1n) is 6.34. The van der Waals surface area contributed by atoms with Crippen molar-refractivity contribution in [2.45, 2.75) is 26.2 Å². The molecule has 0 aliphatic carbocycles. The van der Waals surface area contributed by atoms with E-state index in [1.807, 2.05) is 6.92 Å². The SMILES string of the molecule is CCC1(C(N)=O)CCN(c2c(Cl)cncc2Br)CC1. The number of primary amides is 1. The van der Waals surface area contributed by atoms with E-state index < -0.39 is 0 Å². The summed E-state index contributed by atoms with van der Waals surface area (Å²) in [5.41, 5.74) is 6.15. The van der Waals surface area contributed by atoms with Crippen LogP contribution in [0.15, 0.2) is 16.9 Å². The van der Waals surface area contributed by atoms with Gasteiger partial charge in [0.2, 0.25) is 5.91 Å². The first-order chi connectivity index (χ1) is 9.00. The standard InChI is InChI=1S/C13H17BrClN3O/c1-2-13(12(16)19)3-5-18(6-4-13)11-9(14)7-17-8-10(11)15/h7-8H,2-6H2,1H3,(H2,16,19). The fourth-order valence-electron chi connectivity index (χ4n) is 2.64. The van der Waals surface area contributed by atoms with Crippen molar-refractivity contribution >= 4 is 39.1 Å². The number of aromatic nitrogens is 1. The molecule has 1 aliphatic heterocycles. The van der Waals surface area contributed by atoms with Crippen LogP contribution in [0.4, 0.5) is 5.69 Å². The van der Waals surface area contributed by atoms with Crippen molar-refractivity contribution in [2.75, 3.05) is 18.0 Å². The van der Waals surface area contributed by atoms with Crippen molar-refractivity contribution < 1.29 is 4.79 Å². The molecule has 0 saturated carbocycles. The Morgan fingerprint density at radius 1 is 1.53 bits per heavy atom. The molecule has 0 aromatic carbocycles. The predicted molar refractivity (Wildman–Crippen MR) is 80.3 cm³/mol. The van der Waals surface area contributed by atoms with Crippen LogP contribution in [-0.2, 0) is 4.79 Å². The van der Waals surface area contributed by atoms with Gasteiger partial charge in [-0.05, 0) is 35.2 Å². The molecule has 1 aromatic heterocycles. The first-order valence-corrected chi connectivity index (χ1v) is 7.51. The van der Waals surface area contributed by atoms with Gasteiger partial charge in [-0.3, -0.25) is 9.78 Å². The number of carbonyl (C=O) groups excluding carboxylic acids is 1. The lowest BCUT2D eigenvalue weighted by Crippen LogP contribution is -2.47. The van der Waals surface area contributed by atoms with Gasteiger partial charge in [-0.2, -0.15) is 0 Å². The van der Waals surface area contributed by atoms with Gasteiger partial charge in [-0.15, -0.1) is 0 Å². The zero-order chi connectivity index (χ0) is 14.0. The summed E-state index contributed by atoms with van der Waals surface area (Å²) >= 11 is 9.68. The Bertz CT molecular complexity index is 467. The Labute approximate surface area is 126 Å². The summed E-state index contributed by atoms with van der Waals surface area (Å²) in [5.74, 6) is -0.186. The van der Waals surface area contributed by atoms with Crippen molar-refractivity contribution in [3.63, 3.8) is 0 Å². The van der Waals surface area contributed by atoms with E-state index in [1.165, 1.54) is 0 Å². The molecule has 104 valence electrons. The van der Waals surface area contributed by atoms with E-state index in [4.69, 9.17) is 17.3 Å². The van der Waals surface area contributed by atoms with Gasteiger partial charge < -0.3 is 10.6 Å². The molecule has 1 saturated heterocycles. The molecule has 2 rings (SSSR count). The van der Waals surface area contributed by atoms with Crippen LogP contribution in [0.3, 0.4) is 0 Å². The van der Waals surface area contributed by atoms with Crippen LogP contribution in [0.1, 0.15) is 26.2 Å². The summed E-state index contributed by atoms with van der Waals surface area (Å²) in [7, 11) is 0. The Morgan fingerprint density at radius 3 is 2.63 bits per heavy atom. The molecular formula is C13H17BrClN3O. The summed E-state index contributed by atoms with van der Waals surface area (Å²) < 4.78 is 0.878. The molecule has 0 spiro atoms. The van der Waals surface area contributed by atoms with Crippen LogP contribution < -0.4 is 10.6 Å². The summed E-state index contributed by atoms with van der Waals surface area (Å²) in [6.45, 7) is 3.58. The topological polar surface area (TPSA) is 59.2 Å². The van der Waals surface area contributed by atoms with Crippen molar-refractivity contribution in [1.82, 2.24) is 4.98 Å². The molecule has 0 bridgehead atoms. The lowest BCUT2D eigenvalue weighted by molar-refractivity contribution is -0.129. The highest BCUT2D eigenvalue weighted by atomic mass is 79.9. The number of hydrogen-bond acceptors (Lipinski definition) is 3. The quantitative estimate of drug-likeness (QED) is 0.915. The Morgan fingerprint density at radius 2 is 2.16 bits per heavy atom. The van der Waals surface area contributed by atoms with E-state index in [-0.39, 0.29) is 11.3 Å². The summed E-state index contributed by atoms with van der Waals surface area (Å²) in [6.07, 6.45) is 5.70. The van der Waals surface area contributed by atoms with Crippen molar-refractivity contribution in [3.05, 3.63) is 21.9 Å². The zero-order valence-electron chi connectivity index (χ0n) is 10.8. The van der Waals surface area contributed by atoms with Crippen LogP contribution >= 0.6 is 27.5 Å². The number of hydrogen-bond donors (Lipinski definition) is 1. The molecule has 0 radical (unpaired) electrons. The van der Waals surface area contributed by atoms with Gasteiger partial charge in [0.15, 0.2) is 0 Å². The number of amides is 1. The van der Waals surface area contributed by atoms with E-state index in [2.05, 4.69) is 25.8 Å². The number of halogens is 2. The van der Waals surface area contributed by atoms with Crippen LogP contribution in [0.25, 0.3) is 0 Å². The monoisotopic (exact) mass is 345 g/mol. The number of rotatable bonds is 3. The summed E-state index contributed by atoms with van der Waals surface area (Å²) in [6, 6.07) is 0. The lowest BCUT2D eigenvalue weighted by atomic mass is 9.75. The molecule has 0 unspecified atom stereocenters. The Kier molecular flexibility index (Phi) is 4.36. The number of piperidine rings is 1. The van der Waals surface area contributed by atoms with E-state index in [0.717, 1.165) is 42.5 Å². The molecule has 4 nitrogen and oxygen atoms in total. The largest absolute Gasteiger partial charge is 0.369 e. The lowest BCUT2D eigenvalue weighted by Gasteiger charge is -2.40. The molecule has 2 heterocycles. The van der Waals surface area contributed by atoms with Crippen LogP contribution in [0.2, 0.25) is 5.02 Å². The van der Waals surface area contributed by atoms with Gasteiger partial charge in [0.05, 0.1) is 20.6 Å². The second-order valence-corrected chi connectivity index (χ2v) is 6.20. The smallest absolute Gasteiger partial charge is 0.223 e. The van der Waals surface area contributed by atoms with E-state index in [1.54, 1.807) is 12.4 Å². The molecule has 1 aliphatic rings. The maximum absolute atomic E-state index is 11.6. The Balaban J connectivity index is 2.18. The van der Waals surface area contributed by atoms with E-state index >= 15 is 0 Å². The van der Waals surface area contributed by atoms with Gasteiger partial charge in [0.25, 0.3) is 0 Å². The van der Waals surface area contributed by atoms with Gasteiger partial charge >= 0.3 is 0 Å². The van der Waals surface area contributed by atoms with Gasteiger partial charge in [0, 0.05) is 25.5 Å². The maximum atomic E-state index is 11.6. The molecule has 1 amide bonds. The Hall–Kier alpha value is -0.810. The third-order valence-electron chi connectivity index (χ3n) is 4.06. The normalized spacial score (nSPS) is 18.4. The second kappa shape index (κ2) is 5.67. The number of anilines is 1. The van der Waals surface area contributed by atoms with Gasteiger partial charge in [-0.1, -0.05) is 18.5 Å². The minimum absolute atomic E-state index is 0.186. The minimum atomic E-state index is -0.359. The van der Waals surface area contributed by atoms with Crippen molar-refractivity contribution in [3.8, 4) is 0 Å².